The number of aromatic nitrogens is 1. The molecule has 1 saturated carbocycles. The number of carbonyl (C=O) groups excluding carboxylic acids is 3. The Morgan fingerprint density at radius 3 is 2.56 bits per heavy atom. The number of aryl methyl sites for hydroxylation is 2. The molecular formula is C25H34N4O4S. The quantitative estimate of drug-likeness (QED) is 0.504. The number of benzene rings is 1. The summed E-state index contributed by atoms with van der Waals surface area (Å²) in [5.41, 5.74) is 2.54. The van der Waals surface area contributed by atoms with Crippen molar-refractivity contribution < 1.29 is 19.1 Å². The Bertz CT molecular complexity index is 987. The van der Waals surface area contributed by atoms with E-state index in [9.17, 15) is 14.4 Å². The molecule has 1 atom stereocenters. The summed E-state index contributed by atoms with van der Waals surface area (Å²) < 4.78 is 5.25. The molecule has 1 aromatic carbocycles. The molecule has 1 aliphatic carbocycles. The standard InChI is InChI=1S/C25H34N4O4S/c1-17-8-4-7-11-20(17)23(24(32)27-19-9-5-6-10-19)29(14-15-33-3)22(31)13-12-21(30)28-25-26-18(2)16-34-25/h4,7-8,11,16,19,23H,5-6,9-10,12-15H2,1-3H3,(H,27,32)(H,26,28,30)/t23-/m0/s1. The minimum Gasteiger partial charge on any atom is -0.383 e. The molecule has 184 valence electrons. The number of anilines is 1. The van der Waals surface area contributed by atoms with Gasteiger partial charge in [0, 0.05) is 37.9 Å². The number of thiazole rings is 1. The van der Waals surface area contributed by atoms with Crippen LogP contribution in [0.25, 0.3) is 0 Å². The van der Waals surface area contributed by atoms with Crippen LogP contribution in [0.15, 0.2) is 29.6 Å². The van der Waals surface area contributed by atoms with Crippen LogP contribution in [0.3, 0.4) is 0 Å². The van der Waals surface area contributed by atoms with Crippen molar-refractivity contribution in [3.8, 4) is 0 Å². The minimum absolute atomic E-state index is 0.00563. The summed E-state index contributed by atoms with van der Waals surface area (Å²) in [6.45, 7) is 4.33. The van der Waals surface area contributed by atoms with Gasteiger partial charge in [0.25, 0.3) is 0 Å². The number of amides is 3. The Hall–Kier alpha value is -2.78. The van der Waals surface area contributed by atoms with Gasteiger partial charge in [0.05, 0.1) is 12.3 Å². The Morgan fingerprint density at radius 1 is 1.18 bits per heavy atom. The average molecular weight is 487 g/mol. The number of ether oxygens (including phenoxy) is 1. The second kappa shape index (κ2) is 12.6. The van der Waals surface area contributed by atoms with Crippen LogP contribution in [0.1, 0.15) is 61.4 Å². The molecule has 1 aliphatic rings. The largest absolute Gasteiger partial charge is 0.383 e. The highest BCUT2D eigenvalue weighted by Gasteiger charge is 2.33. The van der Waals surface area contributed by atoms with E-state index in [1.165, 1.54) is 11.3 Å². The number of hydrogen-bond acceptors (Lipinski definition) is 6. The van der Waals surface area contributed by atoms with Crippen LogP contribution < -0.4 is 10.6 Å². The summed E-state index contributed by atoms with van der Waals surface area (Å²) in [6, 6.07) is 6.96. The number of methoxy groups -OCH3 is 1. The van der Waals surface area contributed by atoms with Crippen molar-refractivity contribution >= 4 is 34.2 Å². The predicted octanol–water partition coefficient (Wildman–Crippen LogP) is 3.75. The maximum absolute atomic E-state index is 13.5. The molecule has 0 unspecified atom stereocenters. The van der Waals surface area contributed by atoms with Crippen LogP contribution in [-0.2, 0) is 19.1 Å². The van der Waals surface area contributed by atoms with E-state index in [1.54, 1.807) is 12.0 Å². The zero-order valence-corrected chi connectivity index (χ0v) is 21.0. The molecule has 8 nitrogen and oxygen atoms in total. The lowest BCUT2D eigenvalue weighted by molar-refractivity contribution is -0.142. The fourth-order valence-electron chi connectivity index (χ4n) is 4.24. The molecule has 1 aromatic heterocycles. The van der Waals surface area contributed by atoms with E-state index in [2.05, 4.69) is 15.6 Å². The molecule has 0 spiro atoms. The highest BCUT2D eigenvalue weighted by Crippen LogP contribution is 2.27. The van der Waals surface area contributed by atoms with Gasteiger partial charge in [0.2, 0.25) is 17.7 Å². The Morgan fingerprint density at radius 2 is 1.91 bits per heavy atom. The lowest BCUT2D eigenvalue weighted by Crippen LogP contribution is -2.47. The van der Waals surface area contributed by atoms with Gasteiger partial charge in [-0.25, -0.2) is 4.98 Å². The normalized spacial score (nSPS) is 14.6. The van der Waals surface area contributed by atoms with Gasteiger partial charge >= 0.3 is 0 Å². The third kappa shape index (κ3) is 7.11. The molecule has 0 aliphatic heterocycles. The maximum Gasteiger partial charge on any atom is 0.247 e. The Balaban J connectivity index is 1.77. The summed E-state index contributed by atoms with van der Waals surface area (Å²) in [5, 5.41) is 8.26. The molecule has 1 fully saturated rings. The lowest BCUT2D eigenvalue weighted by atomic mass is 9.98. The minimum atomic E-state index is -0.783. The van der Waals surface area contributed by atoms with Crippen LogP contribution in [-0.4, -0.2) is 53.9 Å². The highest BCUT2D eigenvalue weighted by atomic mass is 32.1. The van der Waals surface area contributed by atoms with Crippen molar-refractivity contribution in [1.82, 2.24) is 15.2 Å². The number of nitrogens with zero attached hydrogens (tertiary/aromatic N) is 2. The van der Waals surface area contributed by atoms with Crippen LogP contribution in [0.4, 0.5) is 5.13 Å². The van der Waals surface area contributed by atoms with E-state index in [1.807, 2.05) is 43.5 Å². The van der Waals surface area contributed by atoms with Crippen LogP contribution in [0.5, 0.6) is 0 Å². The van der Waals surface area contributed by atoms with Crippen LogP contribution >= 0.6 is 11.3 Å². The van der Waals surface area contributed by atoms with Crippen LogP contribution in [0, 0.1) is 13.8 Å². The summed E-state index contributed by atoms with van der Waals surface area (Å²) in [7, 11) is 1.56. The molecule has 0 saturated heterocycles. The first-order valence-corrected chi connectivity index (χ1v) is 12.6. The van der Waals surface area contributed by atoms with E-state index < -0.39 is 6.04 Å². The summed E-state index contributed by atoms with van der Waals surface area (Å²) in [6.07, 6.45) is 4.09. The van der Waals surface area contributed by atoms with Crippen molar-refractivity contribution in [1.29, 1.82) is 0 Å². The van der Waals surface area contributed by atoms with Gasteiger partial charge < -0.3 is 20.3 Å². The number of nitrogens with one attached hydrogen (secondary N) is 2. The third-order valence-corrected chi connectivity index (χ3v) is 6.91. The van der Waals surface area contributed by atoms with Gasteiger partial charge in [-0.2, -0.15) is 0 Å². The highest BCUT2D eigenvalue weighted by molar-refractivity contribution is 7.13. The zero-order chi connectivity index (χ0) is 24.5. The monoisotopic (exact) mass is 486 g/mol. The maximum atomic E-state index is 13.5. The first-order valence-electron chi connectivity index (χ1n) is 11.8. The van der Waals surface area contributed by atoms with Crippen LogP contribution in [0.2, 0.25) is 0 Å². The van der Waals surface area contributed by atoms with Gasteiger partial charge in [-0.05, 0) is 37.8 Å². The smallest absolute Gasteiger partial charge is 0.247 e. The SMILES string of the molecule is COCCN(C(=O)CCC(=O)Nc1nc(C)cs1)[C@H](C(=O)NC1CCCC1)c1ccccc1C. The zero-order valence-electron chi connectivity index (χ0n) is 20.1. The Kier molecular flexibility index (Phi) is 9.59. The molecule has 2 N–H and O–H groups in total. The van der Waals surface area contributed by atoms with E-state index in [-0.39, 0.29) is 49.8 Å². The van der Waals surface area contributed by atoms with Crippen molar-refractivity contribution in [2.45, 2.75) is 64.5 Å². The van der Waals surface area contributed by atoms with E-state index in [0.29, 0.717) is 5.13 Å². The summed E-state index contributed by atoms with van der Waals surface area (Å²) in [4.78, 5) is 45.1. The van der Waals surface area contributed by atoms with Gasteiger partial charge in [0.1, 0.15) is 6.04 Å². The molecule has 3 amide bonds. The number of hydrogen-bond donors (Lipinski definition) is 2. The molecule has 2 aromatic rings. The molecule has 0 radical (unpaired) electrons. The van der Waals surface area contributed by atoms with Gasteiger partial charge in [-0.3, -0.25) is 14.4 Å². The van der Waals surface area contributed by atoms with Crippen molar-refractivity contribution in [3.63, 3.8) is 0 Å². The molecular weight excluding hydrogens is 452 g/mol. The molecule has 34 heavy (non-hydrogen) atoms. The van der Waals surface area contributed by atoms with Crippen molar-refractivity contribution in [2.24, 2.45) is 0 Å². The lowest BCUT2D eigenvalue weighted by Gasteiger charge is -2.33. The predicted molar refractivity (Wildman–Crippen MR) is 133 cm³/mol. The summed E-state index contributed by atoms with van der Waals surface area (Å²) >= 11 is 1.34. The molecule has 3 rings (SSSR count). The third-order valence-electron chi connectivity index (χ3n) is 6.03. The van der Waals surface area contributed by atoms with Gasteiger partial charge in [-0.15, -0.1) is 11.3 Å². The van der Waals surface area contributed by atoms with E-state index in [0.717, 1.165) is 42.5 Å². The Labute approximate surface area is 205 Å². The number of carbonyl (C=O) groups is 3. The number of rotatable bonds is 11. The molecule has 0 bridgehead atoms. The topological polar surface area (TPSA) is 101 Å². The van der Waals surface area contributed by atoms with Crippen molar-refractivity contribution in [3.05, 3.63) is 46.5 Å². The summed E-state index contributed by atoms with van der Waals surface area (Å²) in [5.74, 6) is -0.733. The van der Waals surface area contributed by atoms with E-state index >= 15 is 0 Å². The second-order valence-corrected chi connectivity index (χ2v) is 9.53. The van der Waals surface area contributed by atoms with Gasteiger partial charge in [-0.1, -0.05) is 37.1 Å². The molecule has 1 heterocycles. The van der Waals surface area contributed by atoms with Gasteiger partial charge in [0.15, 0.2) is 5.13 Å². The first kappa shape index (κ1) is 25.8. The average Bonchev–Trinajstić information content (AvgIpc) is 3.47. The fraction of sp³-hybridized carbons (Fsp3) is 0.520. The van der Waals surface area contributed by atoms with Crippen molar-refractivity contribution in [2.75, 3.05) is 25.6 Å². The molecule has 9 heteroatoms. The fourth-order valence-corrected chi connectivity index (χ4v) is 4.94. The first-order chi connectivity index (χ1) is 16.4. The second-order valence-electron chi connectivity index (χ2n) is 8.67. The van der Waals surface area contributed by atoms with E-state index in [4.69, 9.17) is 4.74 Å².